The van der Waals surface area contributed by atoms with Crippen molar-refractivity contribution >= 4 is 17.4 Å². The normalized spacial score (nSPS) is 11.0. The summed E-state index contributed by atoms with van der Waals surface area (Å²) < 4.78 is 5.47. The Bertz CT molecular complexity index is 383. The van der Waals surface area contributed by atoms with Gasteiger partial charge in [0.25, 0.3) is 0 Å². The summed E-state index contributed by atoms with van der Waals surface area (Å²) in [6.45, 7) is 9.43. The molecule has 1 heterocycles. The zero-order valence-corrected chi connectivity index (χ0v) is 12.3. The van der Waals surface area contributed by atoms with Crippen LogP contribution in [0.15, 0.2) is 0 Å². The van der Waals surface area contributed by atoms with E-state index in [9.17, 15) is 0 Å². The van der Waals surface area contributed by atoms with Crippen LogP contribution in [0.25, 0.3) is 0 Å². The van der Waals surface area contributed by atoms with Crippen LogP contribution in [0, 0.1) is 6.92 Å². The topological polar surface area (TPSA) is 47.0 Å². The fraction of sp³-hybridized carbons (Fsp3) is 0.692. The van der Waals surface area contributed by atoms with Crippen LogP contribution in [-0.4, -0.2) is 29.2 Å². The molecule has 18 heavy (non-hydrogen) atoms. The fourth-order valence-electron chi connectivity index (χ4n) is 1.50. The number of ether oxygens (including phenoxy) is 1. The van der Waals surface area contributed by atoms with Gasteiger partial charge in [-0.3, -0.25) is 0 Å². The maximum atomic E-state index is 6.10. The Morgan fingerprint density at radius 3 is 2.67 bits per heavy atom. The third kappa shape index (κ3) is 4.78. The monoisotopic (exact) mass is 271 g/mol. The molecule has 1 rings (SSSR count). The van der Waals surface area contributed by atoms with Gasteiger partial charge in [-0.2, -0.15) is 0 Å². The zero-order chi connectivity index (χ0) is 13.5. The van der Waals surface area contributed by atoms with Crippen LogP contribution in [0.1, 0.15) is 38.6 Å². The molecule has 1 aromatic rings. The molecule has 0 aliphatic heterocycles. The predicted molar refractivity (Wildman–Crippen MR) is 75.4 cm³/mol. The van der Waals surface area contributed by atoms with Gasteiger partial charge >= 0.3 is 0 Å². The van der Waals surface area contributed by atoms with Crippen LogP contribution in [0.3, 0.4) is 0 Å². The first-order chi connectivity index (χ1) is 8.54. The smallest absolute Gasteiger partial charge is 0.137 e. The Labute approximate surface area is 114 Å². The first-order valence-electron chi connectivity index (χ1n) is 6.43. The molecule has 0 aromatic carbocycles. The molecule has 0 aliphatic rings. The summed E-state index contributed by atoms with van der Waals surface area (Å²) in [5, 5.41) is 3.78. The van der Waals surface area contributed by atoms with Crippen LogP contribution in [0.2, 0.25) is 5.15 Å². The van der Waals surface area contributed by atoms with Crippen LogP contribution in [0.5, 0.6) is 0 Å². The van der Waals surface area contributed by atoms with Crippen molar-refractivity contribution in [3.63, 3.8) is 0 Å². The molecule has 102 valence electrons. The zero-order valence-electron chi connectivity index (χ0n) is 11.6. The summed E-state index contributed by atoms with van der Waals surface area (Å²) in [6.07, 6.45) is 2.10. The van der Waals surface area contributed by atoms with Gasteiger partial charge in [0, 0.05) is 18.5 Å². The Kier molecular flexibility index (Phi) is 6.36. The molecule has 0 unspecified atom stereocenters. The molecular formula is C13H22ClN3O. The summed E-state index contributed by atoms with van der Waals surface area (Å²) in [5.74, 6) is 1.60. The number of anilines is 1. The van der Waals surface area contributed by atoms with Crippen molar-refractivity contribution in [1.29, 1.82) is 0 Å². The minimum Gasteiger partial charge on any atom is -0.377 e. The van der Waals surface area contributed by atoms with E-state index < -0.39 is 0 Å². The minimum absolute atomic E-state index is 0.248. The number of hydrogen-bond acceptors (Lipinski definition) is 4. The van der Waals surface area contributed by atoms with Gasteiger partial charge in [0.1, 0.15) is 16.8 Å². The highest BCUT2D eigenvalue weighted by Crippen LogP contribution is 2.20. The van der Waals surface area contributed by atoms with Gasteiger partial charge in [0.2, 0.25) is 0 Å². The van der Waals surface area contributed by atoms with E-state index >= 15 is 0 Å². The molecular weight excluding hydrogens is 250 g/mol. The van der Waals surface area contributed by atoms with Crippen molar-refractivity contribution < 1.29 is 4.74 Å². The first kappa shape index (κ1) is 15.2. The van der Waals surface area contributed by atoms with E-state index in [1.54, 1.807) is 0 Å². The Balaban J connectivity index is 2.63. The molecule has 0 saturated carbocycles. The highest BCUT2D eigenvalue weighted by Gasteiger charge is 2.08. The van der Waals surface area contributed by atoms with Crippen LogP contribution >= 0.6 is 11.6 Å². The third-order valence-corrected chi connectivity index (χ3v) is 2.82. The Hall–Kier alpha value is -0.870. The van der Waals surface area contributed by atoms with E-state index in [4.69, 9.17) is 16.3 Å². The second kappa shape index (κ2) is 7.54. The van der Waals surface area contributed by atoms with E-state index in [0.717, 1.165) is 36.6 Å². The molecule has 1 N–H and O–H groups in total. The van der Waals surface area contributed by atoms with Crippen molar-refractivity contribution in [2.45, 2.75) is 46.6 Å². The maximum absolute atomic E-state index is 6.10. The summed E-state index contributed by atoms with van der Waals surface area (Å²) in [5.41, 5.74) is 0.890. The summed E-state index contributed by atoms with van der Waals surface area (Å²) in [4.78, 5) is 8.74. The Morgan fingerprint density at radius 2 is 2.06 bits per heavy atom. The van der Waals surface area contributed by atoms with Crippen molar-refractivity contribution in [1.82, 2.24) is 9.97 Å². The number of halogens is 1. The summed E-state index contributed by atoms with van der Waals surface area (Å²) in [7, 11) is 0. The molecule has 0 radical (unpaired) electrons. The fourth-order valence-corrected chi connectivity index (χ4v) is 1.69. The first-order valence-corrected chi connectivity index (χ1v) is 6.80. The standard InChI is InChI=1S/C13H22ClN3O/c1-5-6-11-16-12(14)10(4)13(17-11)15-7-8-18-9(2)3/h9H,5-8H2,1-4H3,(H,15,16,17). The SMILES string of the molecule is CCCc1nc(Cl)c(C)c(NCCOC(C)C)n1. The number of rotatable bonds is 7. The average Bonchev–Trinajstić information content (AvgIpc) is 2.30. The molecule has 1 aromatic heterocycles. The van der Waals surface area contributed by atoms with E-state index in [2.05, 4.69) is 22.2 Å². The van der Waals surface area contributed by atoms with Gasteiger partial charge in [-0.05, 0) is 27.2 Å². The van der Waals surface area contributed by atoms with E-state index in [1.807, 2.05) is 20.8 Å². The largest absolute Gasteiger partial charge is 0.377 e. The van der Waals surface area contributed by atoms with E-state index in [1.165, 1.54) is 0 Å². The summed E-state index contributed by atoms with van der Waals surface area (Å²) >= 11 is 6.10. The van der Waals surface area contributed by atoms with Gasteiger partial charge in [-0.15, -0.1) is 0 Å². The average molecular weight is 272 g/mol. The second-order valence-corrected chi connectivity index (χ2v) is 4.86. The lowest BCUT2D eigenvalue weighted by molar-refractivity contribution is 0.0870. The number of hydrogen-bond donors (Lipinski definition) is 1. The molecule has 0 aliphatic carbocycles. The van der Waals surface area contributed by atoms with Gasteiger partial charge in [0.15, 0.2) is 0 Å². The Morgan fingerprint density at radius 1 is 1.33 bits per heavy atom. The van der Waals surface area contributed by atoms with Crippen LogP contribution in [-0.2, 0) is 11.2 Å². The van der Waals surface area contributed by atoms with Gasteiger partial charge < -0.3 is 10.1 Å². The van der Waals surface area contributed by atoms with Crippen molar-refractivity contribution in [3.8, 4) is 0 Å². The molecule has 0 atom stereocenters. The lowest BCUT2D eigenvalue weighted by atomic mass is 10.3. The highest BCUT2D eigenvalue weighted by molar-refractivity contribution is 6.30. The molecule has 0 amide bonds. The molecule has 0 fully saturated rings. The number of nitrogens with zero attached hydrogens (tertiary/aromatic N) is 2. The maximum Gasteiger partial charge on any atom is 0.137 e. The molecule has 4 nitrogen and oxygen atoms in total. The van der Waals surface area contributed by atoms with Crippen molar-refractivity contribution in [2.24, 2.45) is 0 Å². The molecule has 0 saturated heterocycles. The third-order valence-electron chi connectivity index (χ3n) is 2.45. The van der Waals surface area contributed by atoms with Gasteiger partial charge in [-0.25, -0.2) is 9.97 Å². The minimum atomic E-state index is 0.248. The van der Waals surface area contributed by atoms with Crippen LogP contribution in [0.4, 0.5) is 5.82 Å². The predicted octanol–water partition coefficient (Wildman–Crippen LogP) is 3.23. The lowest BCUT2D eigenvalue weighted by Crippen LogP contribution is -2.15. The molecule has 0 bridgehead atoms. The summed E-state index contributed by atoms with van der Waals surface area (Å²) in [6, 6.07) is 0. The van der Waals surface area contributed by atoms with E-state index in [-0.39, 0.29) is 6.10 Å². The molecule has 0 spiro atoms. The van der Waals surface area contributed by atoms with E-state index in [0.29, 0.717) is 11.8 Å². The number of nitrogens with one attached hydrogen (secondary N) is 1. The quantitative estimate of drug-likeness (QED) is 0.611. The van der Waals surface area contributed by atoms with Gasteiger partial charge in [-0.1, -0.05) is 18.5 Å². The number of aromatic nitrogens is 2. The second-order valence-electron chi connectivity index (χ2n) is 4.50. The van der Waals surface area contributed by atoms with Crippen molar-refractivity contribution in [2.75, 3.05) is 18.5 Å². The molecule has 5 heteroatoms. The number of aryl methyl sites for hydroxylation is 1. The van der Waals surface area contributed by atoms with Crippen LogP contribution < -0.4 is 5.32 Å². The lowest BCUT2D eigenvalue weighted by Gasteiger charge is -2.12. The van der Waals surface area contributed by atoms with Crippen molar-refractivity contribution in [3.05, 3.63) is 16.5 Å². The highest BCUT2D eigenvalue weighted by atomic mass is 35.5. The van der Waals surface area contributed by atoms with Gasteiger partial charge in [0.05, 0.1) is 12.7 Å².